The first-order valence-corrected chi connectivity index (χ1v) is 10.6. The number of hydrogen-bond acceptors (Lipinski definition) is 6. The second-order valence-electron chi connectivity index (χ2n) is 6.49. The molecule has 7 nitrogen and oxygen atoms in total. The number of carbonyl (C=O) groups excluding carboxylic acids is 2. The summed E-state index contributed by atoms with van der Waals surface area (Å²) < 4.78 is 46.1. The molecule has 32 heavy (non-hydrogen) atoms. The minimum atomic E-state index is -4.82. The molecular weight excluding hydrogens is 445 g/mol. The lowest BCUT2D eigenvalue weighted by Crippen LogP contribution is -2.18. The molecule has 2 heterocycles. The standard InChI is InChI=1S/C21H19F3N4O3S/c1-2-31-20(30)17-11-26-28(19(17)21(22,23)24)16-7-5-15(6-8-16)27-18(29)13-32-12-14-4-3-9-25-10-14/h3-11H,2,12-13H2,1H3,(H,27,29). The van der Waals surface area contributed by atoms with Gasteiger partial charge in [-0.2, -0.15) is 18.3 Å². The SMILES string of the molecule is CCOC(=O)c1cnn(-c2ccc(NC(=O)CSCc3cccnc3)cc2)c1C(F)(F)F. The molecule has 3 aromatic rings. The number of pyridine rings is 1. The zero-order chi connectivity index (χ0) is 23.1. The van der Waals surface area contributed by atoms with E-state index < -0.39 is 23.4 Å². The molecule has 168 valence electrons. The first-order chi connectivity index (χ1) is 15.3. The predicted octanol–water partition coefficient (Wildman–Crippen LogP) is 4.33. The van der Waals surface area contributed by atoms with Crippen molar-refractivity contribution in [2.24, 2.45) is 0 Å². The van der Waals surface area contributed by atoms with Crippen LogP contribution in [0.2, 0.25) is 0 Å². The Balaban J connectivity index is 1.67. The molecule has 0 unspecified atom stereocenters. The summed E-state index contributed by atoms with van der Waals surface area (Å²) in [5.74, 6) is -0.510. The van der Waals surface area contributed by atoms with E-state index in [1.165, 1.54) is 43.0 Å². The Morgan fingerprint density at radius 2 is 1.91 bits per heavy atom. The molecule has 0 fully saturated rings. The average molecular weight is 464 g/mol. The van der Waals surface area contributed by atoms with Crippen LogP contribution < -0.4 is 5.32 Å². The third kappa shape index (κ3) is 5.88. The minimum absolute atomic E-state index is 0.0593. The maximum atomic E-state index is 13.6. The molecule has 1 amide bonds. The van der Waals surface area contributed by atoms with E-state index in [0.717, 1.165) is 11.8 Å². The highest BCUT2D eigenvalue weighted by atomic mass is 32.2. The second-order valence-corrected chi connectivity index (χ2v) is 7.47. The average Bonchev–Trinajstić information content (AvgIpc) is 3.21. The van der Waals surface area contributed by atoms with Gasteiger partial charge in [-0.25, -0.2) is 9.48 Å². The number of ether oxygens (including phenoxy) is 1. The Morgan fingerprint density at radius 3 is 2.53 bits per heavy atom. The van der Waals surface area contributed by atoms with E-state index in [4.69, 9.17) is 4.74 Å². The summed E-state index contributed by atoms with van der Waals surface area (Å²) in [6.45, 7) is 1.44. The Morgan fingerprint density at radius 1 is 1.16 bits per heavy atom. The highest BCUT2D eigenvalue weighted by molar-refractivity contribution is 7.99. The number of alkyl halides is 3. The van der Waals surface area contributed by atoms with Gasteiger partial charge in [-0.15, -0.1) is 11.8 Å². The van der Waals surface area contributed by atoms with Crippen molar-refractivity contribution < 1.29 is 27.5 Å². The molecular formula is C21H19F3N4O3S. The van der Waals surface area contributed by atoms with Crippen LogP contribution in [-0.4, -0.2) is 39.0 Å². The van der Waals surface area contributed by atoms with Crippen LogP contribution in [0.5, 0.6) is 0 Å². The van der Waals surface area contributed by atoms with Crippen LogP contribution in [0.25, 0.3) is 5.69 Å². The van der Waals surface area contributed by atoms with E-state index in [0.29, 0.717) is 16.1 Å². The van der Waals surface area contributed by atoms with E-state index in [1.54, 1.807) is 12.4 Å². The van der Waals surface area contributed by atoms with Crippen LogP contribution in [0.15, 0.2) is 55.0 Å². The van der Waals surface area contributed by atoms with E-state index >= 15 is 0 Å². The Bertz CT molecular complexity index is 1070. The minimum Gasteiger partial charge on any atom is -0.462 e. The maximum absolute atomic E-state index is 13.6. The fraction of sp³-hybridized carbons (Fsp3) is 0.238. The van der Waals surface area contributed by atoms with Crippen LogP contribution in [-0.2, 0) is 21.5 Å². The van der Waals surface area contributed by atoms with E-state index in [2.05, 4.69) is 15.4 Å². The summed E-state index contributed by atoms with van der Waals surface area (Å²) in [6.07, 6.45) is -0.600. The van der Waals surface area contributed by atoms with Gasteiger partial charge in [0.05, 0.1) is 24.2 Å². The molecule has 0 saturated heterocycles. The summed E-state index contributed by atoms with van der Waals surface area (Å²) in [5.41, 5.74) is -0.387. The van der Waals surface area contributed by atoms with E-state index in [9.17, 15) is 22.8 Å². The number of nitrogens with zero attached hydrogens (tertiary/aromatic N) is 3. The van der Waals surface area contributed by atoms with Gasteiger partial charge in [0.1, 0.15) is 5.56 Å². The fourth-order valence-corrected chi connectivity index (χ4v) is 3.57. The van der Waals surface area contributed by atoms with E-state index in [1.807, 2.05) is 12.1 Å². The van der Waals surface area contributed by atoms with Gasteiger partial charge in [-0.3, -0.25) is 9.78 Å². The Kier molecular flexibility index (Phi) is 7.52. The van der Waals surface area contributed by atoms with Gasteiger partial charge >= 0.3 is 12.1 Å². The molecule has 1 N–H and O–H groups in total. The summed E-state index contributed by atoms with van der Waals surface area (Å²) in [7, 11) is 0. The molecule has 11 heteroatoms. The smallest absolute Gasteiger partial charge is 0.434 e. The van der Waals surface area contributed by atoms with Gasteiger partial charge in [0.2, 0.25) is 5.91 Å². The van der Waals surface area contributed by atoms with Crippen molar-refractivity contribution in [1.29, 1.82) is 0 Å². The number of benzene rings is 1. The van der Waals surface area contributed by atoms with Gasteiger partial charge in [-0.1, -0.05) is 6.07 Å². The quantitative estimate of drug-likeness (QED) is 0.500. The molecule has 0 aliphatic heterocycles. The topological polar surface area (TPSA) is 86.1 Å². The van der Waals surface area contributed by atoms with Gasteiger partial charge in [0, 0.05) is 23.8 Å². The normalized spacial score (nSPS) is 11.2. The summed E-state index contributed by atoms with van der Waals surface area (Å²) in [5, 5.41) is 6.41. The number of aromatic nitrogens is 3. The first kappa shape index (κ1) is 23.3. The van der Waals surface area contributed by atoms with Crippen molar-refractivity contribution in [3.63, 3.8) is 0 Å². The molecule has 0 aliphatic rings. The number of thioether (sulfide) groups is 1. The fourth-order valence-electron chi connectivity index (χ4n) is 2.80. The molecule has 0 atom stereocenters. The second kappa shape index (κ2) is 10.3. The number of amides is 1. The molecule has 1 aromatic carbocycles. The van der Waals surface area contributed by atoms with Gasteiger partial charge < -0.3 is 10.1 Å². The van der Waals surface area contributed by atoms with Crippen molar-refractivity contribution in [2.75, 3.05) is 17.7 Å². The van der Waals surface area contributed by atoms with Crippen LogP contribution in [0.4, 0.5) is 18.9 Å². The zero-order valence-corrected chi connectivity index (χ0v) is 17.7. The van der Waals surface area contributed by atoms with Crippen molar-refractivity contribution in [3.8, 4) is 5.69 Å². The predicted molar refractivity (Wildman–Crippen MR) is 114 cm³/mol. The molecule has 2 aromatic heterocycles. The number of hydrogen-bond donors (Lipinski definition) is 1. The van der Waals surface area contributed by atoms with Crippen molar-refractivity contribution in [1.82, 2.24) is 14.8 Å². The van der Waals surface area contributed by atoms with Gasteiger partial charge in [0.15, 0.2) is 5.69 Å². The largest absolute Gasteiger partial charge is 0.462 e. The maximum Gasteiger partial charge on any atom is 0.434 e. The lowest BCUT2D eigenvalue weighted by Gasteiger charge is -2.13. The van der Waals surface area contributed by atoms with Crippen LogP contribution in [0.1, 0.15) is 28.5 Å². The van der Waals surface area contributed by atoms with Crippen LogP contribution >= 0.6 is 11.8 Å². The number of esters is 1. The van der Waals surface area contributed by atoms with E-state index in [-0.39, 0.29) is 24.0 Å². The molecule has 0 saturated carbocycles. The first-order valence-electron chi connectivity index (χ1n) is 9.49. The Hall–Kier alpha value is -3.34. The van der Waals surface area contributed by atoms with Crippen LogP contribution in [0, 0.1) is 0 Å². The zero-order valence-electron chi connectivity index (χ0n) is 16.9. The number of halogens is 3. The molecule has 0 aliphatic carbocycles. The number of nitrogens with one attached hydrogen (secondary N) is 1. The van der Waals surface area contributed by atoms with Crippen molar-refractivity contribution in [3.05, 3.63) is 71.8 Å². The third-order valence-corrected chi connectivity index (χ3v) is 5.16. The summed E-state index contributed by atoms with van der Waals surface area (Å²) in [4.78, 5) is 28.0. The molecule has 0 bridgehead atoms. The number of rotatable bonds is 8. The number of carbonyl (C=O) groups is 2. The third-order valence-electron chi connectivity index (χ3n) is 4.15. The molecule has 0 radical (unpaired) electrons. The summed E-state index contributed by atoms with van der Waals surface area (Å²) in [6, 6.07) is 9.40. The highest BCUT2D eigenvalue weighted by Gasteiger charge is 2.41. The van der Waals surface area contributed by atoms with Crippen LogP contribution in [0.3, 0.4) is 0 Å². The van der Waals surface area contributed by atoms with Gasteiger partial charge in [0.25, 0.3) is 0 Å². The molecule has 0 spiro atoms. The lowest BCUT2D eigenvalue weighted by molar-refractivity contribution is -0.143. The van der Waals surface area contributed by atoms with Gasteiger partial charge in [-0.05, 0) is 42.8 Å². The number of anilines is 1. The van der Waals surface area contributed by atoms with Crippen molar-refractivity contribution in [2.45, 2.75) is 18.9 Å². The lowest BCUT2D eigenvalue weighted by atomic mass is 10.2. The van der Waals surface area contributed by atoms with Crippen molar-refractivity contribution >= 4 is 29.3 Å². The summed E-state index contributed by atoms with van der Waals surface area (Å²) >= 11 is 1.41. The molecule has 3 rings (SSSR count). The Labute approximate surface area is 186 Å². The highest BCUT2D eigenvalue weighted by Crippen LogP contribution is 2.34. The monoisotopic (exact) mass is 464 g/mol.